The molecule has 0 heterocycles. The molecule has 2 nitrogen and oxygen atoms in total. The molecule has 4 heteroatoms. The lowest BCUT2D eigenvalue weighted by molar-refractivity contribution is -0.131. The Labute approximate surface area is 56.7 Å². The van der Waals surface area contributed by atoms with Gasteiger partial charge in [-0.05, 0) is 6.08 Å². The lowest BCUT2D eigenvalue weighted by Gasteiger charge is -1.83. The Morgan fingerprint density at radius 1 is 1.75 bits per heavy atom. The van der Waals surface area contributed by atoms with Gasteiger partial charge in [0.25, 0.3) is 0 Å². The molecule has 0 saturated carbocycles. The Morgan fingerprint density at radius 2 is 2.25 bits per heavy atom. The molecule has 0 aromatic rings. The van der Waals surface area contributed by atoms with E-state index in [2.05, 4.69) is 0 Å². The molecule has 0 aromatic carbocycles. The first-order valence-electron chi connectivity index (χ1n) is 1.83. The number of allylic oxidation sites excluding steroid dienone is 1. The molecule has 0 atom stereocenters. The number of carboxylic acids is 1. The number of carbonyl (C=O) groups is 1. The molecular formula is C4H4Cl2O2. The van der Waals surface area contributed by atoms with E-state index < -0.39 is 5.97 Å². The summed E-state index contributed by atoms with van der Waals surface area (Å²) < 4.78 is 0. The maximum atomic E-state index is 9.83. The van der Waals surface area contributed by atoms with Gasteiger partial charge in [-0.2, -0.15) is 0 Å². The van der Waals surface area contributed by atoms with E-state index in [9.17, 15) is 4.79 Å². The average molecular weight is 155 g/mol. The fraction of sp³-hybridized carbons (Fsp3) is 0.250. The van der Waals surface area contributed by atoms with Gasteiger partial charge < -0.3 is 5.11 Å². The zero-order valence-corrected chi connectivity index (χ0v) is 5.41. The minimum absolute atomic E-state index is 0.130. The van der Waals surface area contributed by atoms with Crippen LogP contribution in [0.2, 0.25) is 0 Å². The van der Waals surface area contributed by atoms with Crippen LogP contribution in [-0.4, -0.2) is 17.0 Å². The van der Waals surface area contributed by atoms with Gasteiger partial charge >= 0.3 is 5.97 Å². The van der Waals surface area contributed by atoms with Gasteiger partial charge in [0.1, 0.15) is 5.03 Å². The Balaban J connectivity index is 3.80. The Kier molecular flexibility index (Phi) is 3.65. The molecule has 0 unspecified atom stereocenters. The Bertz CT molecular complexity index is 119. The predicted molar refractivity (Wildman–Crippen MR) is 32.3 cm³/mol. The van der Waals surface area contributed by atoms with Crippen molar-refractivity contribution in [2.75, 3.05) is 5.88 Å². The van der Waals surface area contributed by atoms with Gasteiger partial charge in [-0.25, -0.2) is 4.79 Å². The highest BCUT2D eigenvalue weighted by Crippen LogP contribution is 1.99. The van der Waals surface area contributed by atoms with Crippen molar-refractivity contribution in [2.45, 2.75) is 0 Å². The summed E-state index contributed by atoms with van der Waals surface area (Å²) in [5.74, 6) is -1.02. The molecule has 0 spiro atoms. The van der Waals surface area contributed by atoms with Crippen LogP contribution < -0.4 is 0 Å². The highest BCUT2D eigenvalue weighted by atomic mass is 35.5. The topological polar surface area (TPSA) is 37.3 Å². The number of carboxylic acid groups (broad SMARTS) is 1. The van der Waals surface area contributed by atoms with Gasteiger partial charge in [0, 0.05) is 5.88 Å². The molecule has 0 saturated heterocycles. The van der Waals surface area contributed by atoms with Gasteiger partial charge in [-0.3, -0.25) is 0 Å². The molecule has 0 bridgehead atoms. The highest BCUT2D eigenvalue weighted by molar-refractivity contribution is 6.41. The fourth-order valence-corrected chi connectivity index (χ4v) is 0.465. The first kappa shape index (κ1) is 7.79. The first-order chi connectivity index (χ1) is 3.68. The third kappa shape index (κ3) is 2.88. The molecule has 0 rings (SSSR count). The van der Waals surface area contributed by atoms with E-state index in [4.69, 9.17) is 28.3 Å². The molecule has 0 aliphatic heterocycles. The van der Waals surface area contributed by atoms with Crippen molar-refractivity contribution in [1.82, 2.24) is 0 Å². The second kappa shape index (κ2) is 3.75. The lowest BCUT2D eigenvalue weighted by Crippen LogP contribution is -1.93. The molecule has 46 valence electrons. The van der Waals surface area contributed by atoms with Gasteiger partial charge in [-0.15, -0.1) is 11.6 Å². The summed E-state index contributed by atoms with van der Waals surface area (Å²) in [7, 11) is 0. The van der Waals surface area contributed by atoms with E-state index >= 15 is 0 Å². The maximum absolute atomic E-state index is 9.83. The number of aliphatic carboxylic acids is 1. The van der Waals surface area contributed by atoms with Crippen molar-refractivity contribution in [3.63, 3.8) is 0 Å². The van der Waals surface area contributed by atoms with Crippen LogP contribution in [0, 0.1) is 0 Å². The summed E-state index contributed by atoms with van der Waals surface area (Å²) in [5, 5.41) is 7.82. The zero-order valence-electron chi connectivity index (χ0n) is 3.90. The monoisotopic (exact) mass is 154 g/mol. The maximum Gasteiger partial charge on any atom is 0.347 e. The molecule has 0 aliphatic carbocycles. The summed E-state index contributed by atoms with van der Waals surface area (Å²) in [6.45, 7) is 0. The van der Waals surface area contributed by atoms with E-state index in [1.807, 2.05) is 0 Å². The van der Waals surface area contributed by atoms with Crippen molar-refractivity contribution in [1.29, 1.82) is 0 Å². The molecule has 1 N–H and O–H groups in total. The van der Waals surface area contributed by atoms with Crippen LogP contribution in [0.5, 0.6) is 0 Å². The summed E-state index contributed by atoms with van der Waals surface area (Å²) in [4.78, 5) is 9.83. The predicted octanol–water partition coefficient (Wildman–Crippen LogP) is 1.43. The number of halogens is 2. The van der Waals surface area contributed by atoms with Crippen LogP contribution in [-0.2, 0) is 4.79 Å². The van der Waals surface area contributed by atoms with E-state index in [-0.39, 0.29) is 10.9 Å². The summed E-state index contributed by atoms with van der Waals surface area (Å²) in [6.07, 6.45) is 1.21. The van der Waals surface area contributed by atoms with Crippen molar-refractivity contribution in [3.05, 3.63) is 11.1 Å². The van der Waals surface area contributed by atoms with Crippen molar-refractivity contribution in [2.24, 2.45) is 0 Å². The molecule has 0 fully saturated rings. The van der Waals surface area contributed by atoms with Crippen LogP contribution in [0.3, 0.4) is 0 Å². The van der Waals surface area contributed by atoms with Crippen LogP contribution in [0.15, 0.2) is 11.1 Å². The Hall–Kier alpha value is -0.210. The minimum atomic E-state index is -1.15. The van der Waals surface area contributed by atoms with E-state index in [1.165, 1.54) is 6.08 Å². The highest BCUT2D eigenvalue weighted by Gasteiger charge is 1.98. The number of hydrogen-bond acceptors (Lipinski definition) is 1. The van der Waals surface area contributed by atoms with E-state index in [1.54, 1.807) is 0 Å². The third-order valence-electron chi connectivity index (χ3n) is 0.461. The summed E-state index contributed by atoms with van der Waals surface area (Å²) in [6, 6.07) is 0. The quantitative estimate of drug-likeness (QED) is 0.483. The summed E-state index contributed by atoms with van der Waals surface area (Å²) in [5.41, 5.74) is 0. The fourth-order valence-electron chi connectivity index (χ4n) is 0.155. The van der Waals surface area contributed by atoms with Crippen LogP contribution in [0.25, 0.3) is 0 Å². The molecule has 8 heavy (non-hydrogen) atoms. The van der Waals surface area contributed by atoms with Gasteiger partial charge in [-0.1, -0.05) is 11.6 Å². The SMILES string of the molecule is O=C(O)/C(Cl)=C/CCl. The van der Waals surface area contributed by atoms with E-state index in [0.717, 1.165) is 0 Å². The zero-order chi connectivity index (χ0) is 6.57. The first-order valence-corrected chi connectivity index (χ1v) is 2.74. The van der Waals surface area contributed by atoms with Gasteiger partial charge in [0.2, 0.25) is 0 Å². The summed E-state index contributed by atoms with van der Waals surface area (Å²) >= 11 is 10.2. The average Bonchev–Trinajstić information content (AvgIpc) is 1.67. The normalized spacial score (nSPS) is 11.5. The smallest absolute Gasteiger partial charge is 0.347 e. The molecule has 0 amide bonds. The standard InChI is InChI=1S/C4H4Cl2O2/c5-2-1-3(6)4(7)8/h1H,2H2,(H,7,8)/b3-1-. The van der Waals surface area contributed by atoms with Gasteiger partial charge in [0.15, 0.2) is 0 Å². The number of rotatable bonds is 2. The Morgan fingerprint density at radius 3 is 2.38 bits per heavy atom. The number of hydrogen-bond donors (Lipinski definition) is 1. The molecule has 0 aliphatic rings. The minimum Gasteiger partial charge on any atom is -0.477 e. The van der Waals surface area contributed by atoms with Crippen LogP contribution in [0.4, 0.5) is 0 Å². The molecular weight excluding hydrogens is 151 g/mol. The van der Waals surface area contributed by atoms with Crippen molar-refractivity contribution in [3.8, 4) is 0 Å². The van der Waals surface area contributed by atoms with E-state index in [0.29, 0.717) is 0 Å². The second-order valence-electron chi connectivity index (χ2n) is 1.01. The van der Waals surface area contributed by atoms with Gasteiger partial charge in [0.05, 0.1) is 0 Å². The molecule has 0 radical (unpaired) electrons. The van der Waals surface area contributed by atoms with Crippen molar-refractivity contribution < 1.29 is 9.90 Å². The van der Waals surface area contributed by atoms with Crippen LogP contribution in [0.1, 0.15) is 0 Å². The second-order valence-corrected chi connectivity index (χ2v) is 1.73. The van der Waals surface area contributed by atoms with Crippen molar-refractivity contribution >= 4 is 29.2 Å². The largest absolute Gasteiger partial charge is 0.477 e. The lowest BCUT2D eigenvalue weighted by atomic mass is 10.5. The molecule has 0 aromatic heterocycles. The third-order valence-corrected chi connectivity index (χ3v) is 0.931. The number of alkyl halides is 1. The van der Waals surface area contributed by atoms with Crippen LogP contribution >= 0.6 is 23.2 Å².